The Balaban J connectivity index is 1.35. The molecule has 1 N–H and O–H groups in total. The Morgan fingerprint density at radius 2 is 1.76 bits per heavy atom. The van der Waals surface area contributed by atoms with Gasteiger partial charge in [-0.3, -0.25) is 14.6 Å². The normalized spacial score (nSPS) is 15.9. The largest absolute Gasteiger partial charge is 0.351 e. The highest BCUT2D eigenvalue weighted by Crippen LogP contribution is 2.08. The third-order valence-corrected chi connectivity index (χ3v) is 4.64. The molecule has 25 heavy (non-hydrogen) atoms. The average Bonchev–Trinajstić information content (AvgIpc) is 2.64. The Morgan fingerprint density at radius 1 is 1.04 bits per heavy atom. The van der Waals surface area contributed by atoms with Gasteiger partial charge in [-0.25, -0.2) is 4.98 Å². The molecule has 3 rings (SSSR count). The van der Waals surface area contributed by atoms with Crippen LogP contribution in [0.15, 0.2) is 48.7 Å². The summed E-state index contributed by atoms with van der Waals surface area (Å²) in [6, 6.07) is 13.9. The molecule has 1 saturated heterocycles. The number of amides is 1. The fourth-order valence-corrected chi connectivity index (χ4v) is 3.06. The number of rotatable bonds is 6. The van der Waals surface area contributed by atoms with Gasteiger partial charge < -0.3 is 5.32 Å². The van der Waals surface area contributed by atoms with Crippen LogP contribution in [-0.2, 0) is 6.54 Å². The lowest BCUT2D eigenvalue weighted by atomic mass is 10.2. The maximum absolute atomic E-state index is 12.0. The van der Waals surface area contributed by atoms with Gasteiger partial charge in [0.05, 0.1) is 5.56 Å². The Kier molecular flexibility index (Phi) is 6.39. The summed E-state index contributed by atoms with van der Waals surface area (Å²) >= 11 is 5.73. The van der Waals surface area contributed by atoms with E-state index in [1.165, 1.54) is 11.8 Å². The zero-order valence-electron chi connectivity index (χ0n) is 14.2. The summed E-state index contributed by atoms with van der Waals surface area (Å²) in [6.07, 6.45) is 1.50. The predicted octanol–water partition coefficient (Wildman–Crippen LogP) is 2.28. The number of nitrogens with zero attached hydrogens (tertiary/aromatic N) is 3. The molecule has 1 aliphatic heterocycles. The molecular formula is C19H23ClN4O. The van der Waals surface area contributed by atoms with E-state index in [1.807, 2.05) is 0 Å². The molecule has 0 spiro atoms. The van der Waals surface area contributed by atoms with E-state index in [2.05, 4.69) is 50.4 Å². The van der Waals surface area contributed by atoms with Gasteiger partial charge >= 0.3 is 0 Å². The van der Waals surface area contributed by atoms with E-state index >= 15 is 0 Å². The molecule has 1 aliphatic rings. The van der Waals surface area contributed by atoms with E-state index in [0.29, 0.717) is 17.3 Å². The average molecular weight is 359 g/mol. The third-order valence-electron chi connectivity index (χ3n) is 4.42. The summed E-state index contributed by atoms with van der Waals surface area (Å²) in [4.78, 5) is 20.8. The minimum absolute atomic E-state index is 0.105. The van der Waals surface area contributed by atoms with Gasteiger partial charge in [0, 0.05) is 52.0 Å². The molecule has 132 valence electrons. The molecule has 1 aromatic heterocycles. The van der Waals surface area contributed by atoms with Gasteiger partial charge in [-0.15, -0.1) is 0 Å². The highest BCUT2D eigenvalue weighted by molar-refractivity contribution is 6.29. The molecular weight excluding hydrogens is 336 g/mol. The van der Waals surface area contributed by atoms with Crippen molar-refractivity contribution in [3.05, 3.63) is 64.9 Å². The van der Waals surface area contributed by atoms with E-state index in [9.17, 15) is 4.79 Å². The lowest BCUT2D eigenvalue weighted by Gasteiger charge is -2.34. The van der Waals surface area contributed by atoms with Crippen molar-refractivity contribution < 1.29 is 4.79 Å². The summed E-state index contributed by atoms with van der Waals surface area (Å²) < 4.78 is 0. The molecule has 0 aliphatic carbocycles. The minimum atomic E-state index is -0.105. The van der Waals surface area contributed by atoms with E-state index in [4.69, 9.17) is 11.6 Å². The minimum Gasteiger partial charge on any atom is -0.351 e. The number of hydrogen-bond acceptors (Lipinski definition) is 4. The molecule has 1 amide bonds. The van der Waals surface area contributed by atoms with Crippen molar-refractivity contribution in [3.63, 3.8) is 0 Å². The summed E-state index contributed by atoms with van der Waals surface area (Å²) in [5, 5.41) is 3.33. The zero-order chi connectivity index (χ0) is 17.5. The number of carbonyl (C=O) groups is 1. The molecule has 6 heteroatoms. The molecule has 0 radical (unpaired) electrons. The highest BCUT2D eigenvalue weighted by atomic mass is 35.5. The number of aromatic nitrogens is 1. The maximum Gasteiger partial charge on any atom is 0.252 e. The van der Waals surface area contributed by atoms with Crippen molar-refractivity contribution in [2.75, 3.05) is 39.3 Å². The van der Waals surface area contributed by atoms with E-state index in [1.54, 1.807) is 12.1 Å². The van der Waals surface area contributed by atoms with Crippen LogP contribution in [0, 0.1) is 0 Å². The SMILES string of the molecule is O=C(NCCN1CCN(Cc2ccccc2)CC1)c1ccc(Cl)nc1. The number of benzene rings is 1. The number of nitrogens with one attached hydrogen (secondary N) is 1. The van der Waals surface area contributed by atoms with Crippen LogP contribution >= 0.6 is 11.6 Å². The first-order valence-electron chi connectivity index (χ1n) is 8.59. The van der Waals surface area contributed by atoms with Crippen molar-refractivity contribution in [3.8, 4) is 0 Å². The number of pyridine rings is 1. The van der Waals surface area contributed by atoms with Gasteiger partial charge in [-0.2, -0.15) is 0 Å². The molecule has 0 saturated carbocycles. The zero-order valence-corrected chi connectivity index (χ0v) is 15.0. The summed E-state index contributed by atoms with van der Waals surface area (Å²) in [5.74, 6) is -0.105. The monoisotopic (exact) mass is 358 g/mol. The van der Waals surface area contributed by atoms with Gasteiger partial charge in [-0.1, -0.05) is 41.9 Å². The number of halogens is 1. The molecule has 1 fully saturated rings. The second-order valence-corrected chi connectivity index (χ2v) is 6.62. The lowest BCUT2D eigenvalue weighted by molar-refractivity contribution is 0.0934. The van der Waals surface area contributed by atoms with Crippen LogP contribution in [0.2, 0.25) is 5.15 Å². The molecule has 1 aromatic carbocycles. The first-order chi connectivity index (χ1) is 12.2. The fraction of sp³-hybridized carbons (Fsp3) is 0.368. The van der Waals surface area contributed by atoms with E-state index in [-0.39, 0.29) is 5.91 Å². The van der Waals surface area contributed by atoms with Gasteiger partial charge in [-0.05, 0) is 17.7 Å². The molecule has 0 unspecified atom stereocenters. The first-order valence-corrected chi connectivity index (χ1v) is 8.97. The Hall–Kier alpha value is -1.95. The number of carbonyl (C=O) groups excluding carboxylic acids is 1. The maximum atomic E-state index is 12.0. The van der Waals surface area contributed by atoms with Gasteiger partial charge in [0.15, 0.2) is 0 Å². The molecule has 0 bridgehead atoms. The van der Waals surface area contributed by atoms with Gasteiger partial charge in [0.25, 0.3) is 5.91 Å². The lowest BCUT2D eigenvalue weighted by Crippen LogP contribution is -2.48. The van der Waals surface area contributed by atoms with Crippen molar-refractivity contribution >= 4 is 17.5 Å². The van der Waals surface area contributed by atoms with Crippen molar-refractivity contribution in [1.82, 2.24) is 20.1 Å². The Morgan fingerprint density at radius 3 is 2.44 bits per heavy atom. The smallest absolute Gasteiger partial charge is 0.252 e. The topological polar surface area (TPSA) is 48.5 Å². The molecule has 2 heterocycles. The summed E-state index contributed by atoms with van der Waals surface area (Å²) in [6.45, 7) is 6.70. The fourth-order valence-electron chi connectivity index (χ4n) is 2.95. The summed E-state index contributed by atoms with van der Waals surface area (Å²) in [5.41, 5.74) is 1.90. The van der Waals surface area contributed by atoms with Crippen LogP contribution < -0.4 is 5.32 Å². The summed E-state index contributed by atoms with van der Waals surface area (Å²) in [7, 11) is 0. The second-order valence-electron chi connectivity index (χ2n) is 6.23. The van der Waals surface area contributed by atoms with Crippen LogP contribution in [0.25, 0.3) is 0 Å². The molecule has 2 aromatic rings. The number of hydrogen-bond donors (Lipinski definition) is 1. The van der Waals surface area contributed by atoms with Gasteiger partial charge in [0.1, 0.15) is 5.15 Å². The van der Waals surface area contributed by atoms with Crippen molar-refractivity contribution in [2.45, 2.75) is 6.54 Å². The molecule has 0 atom stereocenters. The van der Waals surface area contributed by atoms with Crippen LogP contribution in [0.3, 0.4) is 0 Å². The predicted molar refractivity (Wildman–Crippen MR) is 99.7 cm³/mol. The highest BCUT2D eigenvalue weighted by Gasteiger charge is 2.16. The van der Waals surface area contributed by atoms with Crippen LogP contribution in [0.1, 0.15) is 15.9 Å². The standard InChI is InChI=1S/C19H23ClN4O/c20-18-7-6-17(14-22-18)19(25)21-8-9-23-10-12-24(13-11-23)15-16-4-2-1-3-5-16/h1-7,14H,8-13,15H2,(H,21,25). The Bertz CT molecular complexity index is 670. The van der Waals surface area contributed by atoms with Crippen LogP contribution in [0.4, 0.5) is 0 Å². The second kappa shape index (κ2) is 8.94. The van der Waals surface area contributed by atoms with Gasteiger partial charge in [0.2, 0.25) is 0 Å². The van der Waals surface area contributed by atoms with Crippen LogP contribution in [0.5, 0.6) is 0 Å². The molecule has 5 nitrogen and oxygen atoms in total. The number of piperazine rings is 1. The Labute approximate surface area is 153 Å². The first kappa shape index (κ1) is 17.9. The third kappa shape index (κ3) is 5.53. The van der Waals surface area contributed by atoms with E-state index in [0.717, 1.165) is 39.3 Å². The quantitative estimate of drug-likeness (QED) is 0.805. The van der Waals surface area contributed by atoms with E-state index < -0.39 is 0 Å². The van der Waals surface area contributed by atoms with Crippen molar-refractivity contribution in [2.24, 2.45) is 0 Å². The van der Waals surface area contributed by atoms with Crippen molar-refractivity contribution in [1.29, 1.82) is 0 Å². The van der Waals surface area contributed by atoms with Crippen LogP contribution in [-0.4, -0.2) is 60.0 Å².